The molecule has 0 amide bonds. The maximum atomic E-state index is 9.86. The average Bonchev–Trinajstić information content (AvgIpc) is 2.32. The lowest BCUT2D eigenvalue weighted by atomic mass is 10.0. The van der Waals surface area contributed by atoms with Gasteiger partial charge >= 0.3 is 0 Å². The van der Waals surface area contributed by atoms with Crippen LogP contribution in [0.25, 0.3) is 11.1 Å². The molecule has 2 aromatic carbocycles. The van der Waals surface area contributed by atoms with E-state index in [9.17, 15) is 15.3 Å². The lowest BCUT2D eigenvalue weighted by Crippen LogP contribution is -1.84. The molecule has 3 N–H and O–H groups in total. The number of aromatic hydroxyl groups is 3. The summed E-state index contributed by atoms with van der Waals surface area (Å²) in [5.41, 5.74) is 2.55. The summed E-state index contributed by atoms with van der Waals surface area (Å²) in [6, 6.07) is 8.93. The Hall–Kier alpha value is -2.16. The highest BCUT2D eigenvalue weighted by Crippen LogP contribution is 2.42. The highest BCUT2D eigenvalue weighted by Gasteiger charge is 2.14. The zero-order valence-electron chi connectivity index (χ0n) is 9.73. The summed E-state index contributed by atoms with van der Waals surface area (Å²) in [6.45, 7) is 3.51. The maximum absolute atomic E-state index is 9.86. The van der Waals surface area contributed by atoms with Crippen LogP contribution in [0.15, 0.2) is 30.3 Å². The van der Waals surface area contributed by atoms with Crippen LogP contribution in [0.2, 0.25) is 0 Å². The van der Waals surface area contributed by atoms with E-state index in [0.717, 1.165) is 11.1 Å². The van der Waals surface area contributed by atoms with E-state index in [1.54, 1.807) is 6.92 Å². The lowest BCUT2D eigenvalue weighted by Gasteiger charge is -2.10. The number of hydrogen-bond donors (Lipinski definition) is 3. The van der Waals surface area contributed by atoms with Crippen molar-refractivity contribution in [2.45, 2.75) is 13.8 Å². The molecule has 0 aliphatic heterocycles. The van der Waals surface area contributed by atoms with Gasteiger partial charge in [0.25, 0.3) is 0 Å². The highest BCUT2D eigenvalue weighted by atomic mass is 16.3. The Morgan fingerprint density at radius 1 is 0.824 bits per heavy atom. The molecule has 0 atom stereocenters. The van der Waals surface area contributed by atoms with Crippen molar-refractivity contribution in [3.63, 3.8) is 0 Å². The smallest absolute Gasteiger partial charge is 0.165 e. The summed E-state index contributed by atoms with van der Waals surface area (Å²) < 4.78 is 0. The number of benzene rings is 2. The van der Waals surface area contributed by atoms with Gasteiger partial charge in [-0.3, -0.25) is 0 Å². The third-order valence-electron chi connectivity index (χ3n) is 2.86. The molecule has 2 rings (SSSR count). The third kappa shape index (κ3) is 1.91. The molecule has 0 heterocycles. The molecule has 0 saturated carbocycles. The Morgan fingerprint density at radius 3 is 2.00 bits per heavy atom. The summed E-state index contributed by atoms with van der Waals surface area (Å²) in [7, 11) is 0. The van der Waals surface area contributed by atoms with Crippen molar-refractivity contribution in [2.24, 2.45) is 0 Å². The second-order valence-electron chi connectivity index (χ2n) is 4.13. The molecule has 0 bridgehead atoms. The second kappa shape index (κ2) is 4.01. The first-order valence-corrected chi connectivity index (χ1v) is 5.32. The third-order valence-corrected chi connectivity index (χ3v) is 2.86. The molecular weight excluding hydrogens is 216 g/mol. The minimum Gasteiger partial charge on any atom is -0.508 e. The van der Waals surface area contributed by atoms with Crippen molar-refractivity contribution in [3.05, 3.63) is 41.5 Å². The van der Waals surface area contributed by atoms with Gasteiger partial charge in [-0.15, -0.1) is 0 Å². The SMILES string of the molecule is Cc1ccc(-c2cc(O)c(C)c(O)c2O)cc1. The van der Waals surface area contributed by atoms with Gasteiger partial charge in [0.05, 0.1) is 0 Å². The molecule has 17 heavy (non-hydrogen) atoms. The van der Waals surface area contributed by atoms with E-state index < -0.39 is 0 Å². The van der Waals surface area contributed by atoms with Crippen molar-refractivity contribution in [1.82, 2.24) is 0 Å². The predicted octanol–water partition coefficient (Wildman–Crippen LogP) is 3.09. The van der Waals surface area contributed by atoms with Gasteiger partial charge in [-0.25, -0.2) is 0 Å². The molecule has 0 spiro atoms. The zero-order chi connectivity index (χ0) is 12.6. The van der Waals surface area contributed by atoms with E-state index in [1.165, 1.54) is 6.07 Å². The summed E-state index contributed by atoms with van der Waals surface area (Å²) >= 11 is 0. The van der Waals surface area contributed by atoms with E-state index >= 15 is 0 Å². The van der Waals surface area contributed by atoms with Gasteiger partial charge in [-0.1, -0.05) is 29.8 Å². The highest BCUT2D eigenvalue weighted by molar-refractivity contribution is 5.76. The molecule has 0 saturated heterocycles. The van der Waals surface area contributed by atoms with E-state index in [0.29, 0.717) is 5.56 Å². The minimum absolute atomic E-state index is 0.0316. The van der Waals surface area contributed by atoms with E-state index in [2.05, 4.69) is 0 Å². The first-order chi connectivity index (χ1) is 8.00. The number of phenols is 3. The Bertz CT molecular complexity index is 557. The van der Waals surface area contributed by atoms with Crippen LogP contribution in [0.1, 0.15) is 11.1 Å². The molecule has 0 aromatic heterocycles. The van der Waals surface area contributed by atoms with Gasteiger partial charge in [-0.2, -0.15) is 0 Å². The zero-order valence-corrected chi connectivity index (χ0v) is 9.73. The Morgan fingerprint density at radius 2 is 1.41 bits per heavy atom. The topological polar surface area (TPSA) is 60.7 Å². The molecule has 0 aliphatic carbocycles. The Balaban J connectivity index is 2.64. The molecule has 0 aliphatic rings. The summed E-state index contributed by atoms with van der Waals surface area (Å²) in [4.78, 5) is 0. The largest absolute Gasteiger partial charge is 0.508 e. The minimum atomic E-state index is -0.277. The second-order valence-corrected chi connectivity index (χ2v) is 4.13. The molecule has 3 heteroatoms. The number of aryl methyl sites for hydroxylation is 1. The number of phenolic OH excluding ortho intramolecular Hbond substituents is 3. The molecule has 0 radical (unpaired) electrons. The van der Waals surface area contributed by atoms with E-state index in [4.69, 9.17) is 0 Å². The van der Waals surface area contributed by atoms with Crippen LogP contribution in [0.3, 0.4) is 0 Å². The first kappa shape index (κ1) is 11.3. The molecule has 2 aromatic rings. The summed E-state index contributed by atoms with van der Waals surface area (Å²) in [5, 5.41) is 29.2. The summed E-state index contributed by atoms with van der Waals surface area (Å²) in [5.74, 6) is -0.513. The van der Waals surface area contributed by atoms with Crippen molar-refractivity contribution in [2.75, 3.05) is 0 Å². The standard InChI is InChI=1S/C14H14O3/c1-8-3-5-10(6-4-8)11-7-12(15)9(2)13(16)14(11)17/h3-7,15-17H,1-2H3. The van der Waals surface area contributed by atoms with Gasteiger partial charge in [0.15, 0.2) is 11.5 Å². The van der Waals surface area contributed by atoms with Crippen molar-refractivity contribution in [1.29, 1.82) is 0 Å². The number of hydrogen-bond acceptors (Lipinski definition) is 3. The van der Waals surface area contributed by atoms with Crippen molar-refractivity contribution >= 4 is 0 Å². The van der Waals surface area contributed by atoms with Gasteiger partial charge < -0.3 is 15.3 Å². The van der Waals surface area contributed by atoms with Crippen LogP contribution in [0.5, 0.6) is 17.2 Å². The van der Waals surface area contributed by atoms with Crippen molar-refractivity contribution in [3.8, 4) is 28.4 Å². The molecule has 0 unspecified atom stereocenters. The molecule has 3 nitrogen and oxygen atoms in total. The maximum Gasteiger partial charge on any atom is 0.165 e. The van der Waals surface area contributed by atoms with Crippen LogP contribution >= 0.6 is 0 Å². The fraction of sp³-hybridized carbons (Fsp3) is 0.143. The molecular formula is C14H14O3. The van der Waals surface area contributed by atoms with Crippen molar-refractivity contribution < 1.29 is 15.3 Å². The van der Waals surface area contributed by atoms with Crippen LogP contribution in [0.4, 0.5) is 0 Å². The van der Waals surface area contributed by atoms with Crippen LogP contribution in [0, 0.1) is 13.8 Å². The fourth-order valence-corrected chi connectivity index (χ4v) is 1.69. The monoisotopic (exact) mass is 230 g/mol. The average molecular weight is 230 g/mol. The number of rotatable bonds is 1. The first-order valence-electron chi connectivity index (χ1n) is 5.32. The predicted molar refractivity (Wildman–Crippen MR) is 66.3 cm³/mol. The van der Waals surface area contributed by atoms with Gasteiger partial charge in [-0.05, 0) is 25.5 Å². The van der Waals surface area contributed by atoms with Crippen LogP contribution in [-0.2, 0) is 0 Å². The van der Waals surface area contributed by atoms with Gasteiger partial charge in [0.1, 0.15) is 5.75 Å². The quantitative estimate of drug-likeness (QED) is 0.521. The molecule has 88 valence electrons. The normalized spacial score (nSPS) is 10.5. The van der Waals surface area contributed by atoms with Gasteiger partial charge in [0, 0.05) is 11.1 Å². The van der Waals surface area contributed by atoms with Crippen LogP contribution in [-0.4, -0.2) is 15.3 Å². The fourth-order valence-electron chi connectivity index (χ4n) is 1.69. The van der Waals surface area contributed by atoms with E-state index in [1.807, 2.05) is 31.2 Å². The molecule has 0 fully saturated rings. The van der Waals surface area contributed by atoms with E-state index in [-0.39, 0.29) is 22.8 Å². The van der Waals surface area contributed by atoms with Crippen LogP contribution < -0.4 is 0 Å². The lowest BCUT2D eigenvalue weighted by molar-refractivity contribution is 0.394. The Kier molecular flexibility index (Phi) is 2.68. The van der Waals surface area contributed by atoms with Gasteiger partial charge in [0.2, 0.25) is 0 Å². The Labute approximate surface area is 99.6 Å². The summed E-state index contributed by atoms with van der Waals surface area (Å²) in [6.07, 6.45) is 0.